The van der Waals surface area contributed by atoms with Gasteiger partial charge in [0, 0.05) is 24.8 Å². The van der Waals surface area contributed by atoms with E-state index >= 15 is 0 Å². The summed E-state index contributed by atoms with van der Waals surface area (Å²) in [5.41, 5.74) is 5.97. The van der Waals surface area contributed by atoms with Crippen molar-refractivity contribution >= 4 is 23.1 Å². The molecule has 0 aliphatic carbocycles. The number of nitrogens with zero attached hydrogens (tertiary/aromatic N) is 1. The van der Waals surface area contributed by atoms with E-state index in [9.17, 15) is 18.0 Å². The Morgan fingerprint density at radius 2 is 1.86 bits per heavy atom. The minimum atomic E-state index is -4.63. The zero-order chi connectivity index (χ0) is 16.0. The number of anilines is 2. The molecule has 0 spiro atoms. The number of carbonyl (C=O) groups excluding carboxylic acids is 1. The highest BCUT2D eigenvalue weighted by molar-refractivity contribution is 5.88. The summed E-state index contributed by atoms with van der Waals surface area (Å²) in [4.78, 5) is 10.8. The number of hydrogen-bond acceptors (Lipinski definition) is 4. The molecule has 1 amide bonds. The van der Waals surface area contributed by atoms with Crippen molar-refractivity contribution in [2.24, 2.45) is 16.8 Å². The van der Waals surface area contributed by atoms with Crippen LogP contribution in [0.15, 0.2) is 29.4 Å². The summed E-state index contributed by atoms with van der Waals surface area (Å²) in [7, 11) is 0. The van der Waals surface area contributed by atoms with Crippen LogP contribution in [0.4, 0.5) is 24.5 Å². The van der Waals surface area contributed by atoms with Crippen LogP contribution in [0, 0.1) is 5.92 Å². The maximum atomic E-state index is 12.7. The van der Waals surface area contributed by atoms with E-state index in [1.807, 2.05) is 0 Å². The van der Waals surface area contributed by atoms with Gasteiger partial charge < -0.3 is 21.6 Å². The largest absolute Gasteiger partial charge is 0.409 e. The van der Waals surface area contributed by atoms with Crippen molar-refractivity contribution in [3.05, 3.63) is 24.3 Å². The van der Waals surface area contributed by atoms with Gasteiger partial charge in [-0.2, -0.15) is 13.2 Å². The minimum absolute atomic E-state index is 0.250. The highest BCUT2D eigenvalue weighted by Crippen LogP contribution is 2.27. The van der Waals surface area contributed by atoms with Crippen molar-refractivity contribution in [2.45, 2.75) is 13.1 Å². The van der Waals surface area contributed by atoms with Crippen LogP contribution in [0.1, 0.15) is 6.92 Å². The van der Waals surface area contributed by atoms with Crippen LogP contribution in [0.3, 0.4) is 0 Å². The molecule has 1 rings (SSSR count). The number of halogens is 3. The molecule has 1 atom stereocenters. The van der Waals surface area contributed by atoms with E-state index in [-0.39, 0.29) is 5.91 Å². The molecule has 21 heavy (non-hydrogen) atoms. The van der Waals surface area contributed by atoms with Crippen molar-refractivity contribution in [2.75, 3.05) is 17.2 Å². The number of nitrogens with one attached hydrogen (secondary N) is 2. The summed E-state index contributed by atoms with van der Waals surface area (Å²) in [6.07, 6.45) is -4.63. The second-order valence-corrected chi connectivity index (χ2v) is 4.26. The molecule has 0 aliphatic rings. The third-order valence-electron chi connectivity index (χ3n) is 2.58. The van der Waals surface area contributed by atoms with Gasteiger partial charge in [-0.3, -0.25) is 4.79 Å². The van der Waals surface area contributed by atoms with E-state index in [0.29, 0.717) is 11.4 Å². The fourth-order valence-corrected chi connectivity index (χ4v) is 1.55. The summed E-state index contributed by atoms with van der Waals surface area (Å²) < 4.78 is 38.1. The second kappa shape index (κ2) is 6.82. The number of carbonyl (C=O) groups is 1. The summed E-state index contributed by atoms with van der Waals surface area (Å²) in [6, 6.07) is 6.08. The van der Waals surface area contributed by atoms with Crippen molar-refractivity contribution in [3.63, 3.8) is 0 Å². The van der Waals surface area contributed by atoms with E-state index in [4.69, 9.17) is 10.9 Å². The Bertz CT molecular complexity index is 514. The fourth-order valence-electron chi connectivity index (χ4n) is 1.55. The van der Waals surface area contributed by atoms with E-state index in [2.05, 4.69) is 15.8 Å². The monoisotopic (exact) mass is 304 g/mol. The smallest absolute Gasteiger partial charge is 0.400 e. The zero-order valence-electron chi connectivity index (χ0n) is 11.1. The van der Waals surface area contributed by atoms with Crippen LogP contribution in [0.5, 0.6) is 0 Å². The number of amides is 1. The quantitative estimate of drug-likeness (QED) is 0.289. The van der Waals surface area contributed by atoms with Crippen LogP contribution >= 0.6 is 0 Å². The molecular weight excluding hydrogens is 289 g/mol. The number of alkyl halides is 3. The molecule has 116 valence electrons. The number of oxime groups is 1. The van der Waals surface area contributed by atoms with Crippen molar-refractivity contribution in [1.29, 1.82) is 0 Å². The SMILES string of the molecule is CC(=O)Nc1ccc(NCC(/C(N)=N/O)C(F)(F)F)cc1. The Morgan fingerprint density at radius 1 is 1.33 bits per heavy atom. The molecular formula is C12H15F3N4O2. The average Bonchev–Trinajstić information content (AvgIpc) is 2.38. The Kier molecular flexibility index (Phi) is 5.39. The molecule has 6 nitrogen and oxygen atoms in total. The first-order valence-corrected chi connectivity index (χ1v) is 5.89. The molecule has 0 radical (unpaired) electrons. The molecule has 1 unspecified atom stereocenters. The van der Waals surface area contributed by atoms with Gasteiger partial charge in [0.15, 0.2) is 5.84 Å². The summed E-state index contributed by atoms with van der Waals surface area (Å²) in [5, 5.41) is 15.9. The molecule has 0 fully saturated rings. The predicted octanol–water partition coefficient (Wildman–Crippen LogP) is 1.98. The highest BCUT2D eigenvalue weighted by Gasteiger charge is 2.42. The predicted molar refractivity (Wildman–Crippen MR) is 72.2 cm³/mol. The second-order valence-electron chi connectivity index (χ2n) is 4.26. The lowest BCUT2D eigenvalue weighted by Gasteiger charge is -2.19. The average molecular weight is 304 g/mol. The van der Waals surface area contributed by atoms with E-state index in [1.54, 1.807) is 0 Å². The number of hydrogen-bond donors (Lipinski definition) is 4. The number of amidine groups is 1. The van der Waals surface area contributed by atoms with E-state index in [0.717, 1.165) is 0 Å². The van der Waals surface area contributed by atoms with Crippen LogP contribution in [-0.2, 0) is 4.79 Å². The normalized spacial score (nSPS) is 13.6. The first kappa shape index (κ1) is 16.6. The first-order valence-electron chi connectivity index (χ1n) is 5.89. The number of benzene rings is 1. The van der Waals surface area contributed by atoms with Gasteiger partial charge in [-0.15, -0.1) is 0 Å². The molecule has 5 N–H and O–H groups in total. The van der Waals surface area contributed by atoms with Gasteiger partial charge in [-0.1, -0.05) is 5.16 Å². The molecule has 0 aromatic heterocycles. The van der Waals surface area contributed by atoms with Crippen LogP contribution in [0.25, 0.3) is 0 Å². The third-order valence-corrected chi connectivity index (χ3v) is 2.58. The molecule has 0 aliphatic heterocycles. The van der Waals surface area contributed by atoms with Gasteiger partial charge >= 0.3 is 6.18 Å². The standard InChI is InChI=1S/C12H15F3N4O2/c1-7(20)18-9-4-2-8(3-5-9)17-6-10(11(16)19-21)12(13,14)15/h2-5,10,17,21H,6H2,1H3,(H2,16,19)(H,18,20). The van der Waals surface area contributed by atoms with Gasteiger partial charge in [0.1, 0.15) is 5.92 Å². The highest BCUT2D eigenvalue weighted by atomic mass is 19.4. The Morgan fingerprint density at radius 3 is 2.29 bits per heavy atom. The zero-order valence-corrected chi connectivity index (χ0v) is 11.1. The Balaban J connectivity index is 2.70. The summed E-state index contributed by atoms with van der Waals surface area (Å²) in [5.74, 6) is -3.26. The fraction of sp³-hybridized carbons (Fsp3) is 0.333. The van der Waals surface area contributed by atoms with Crippen LogP contribution in [-0.4, -0.2) is 29.7 Å². The maximum absolute atomic E-state index is 12.7. The summed E-state index contributed by atoms with van der Waals surface area (Å²) in [6.45, 7) is 0.774. The van der Waals surface area contributed by atoms with Gasteiger partial charge in [0.25, 0.3) is 0 Å². The van der Waals surface area contributed by atoms with Gasteiger partial charge in [0.2, 0.25) is 5.91 Å². The third kappa shape index (κ3) is 5.21. The number of nitrogens with two attached hydrogens (primary N) is 1. The lowest BCUT2D eigenvalue weighted by Crippen LogP contribution is -2.40. The lowest BCUT2D eigenvalue weighted by atomic mass is 10.1. The van der Waals surface area contributed by atoms with Crippen molar-refractivity contribution in [3.8, 4) is 0 Å². The molecule has 1 aromatic rings. The molecule has 9 heteroatoms. The number of rotatable bonds is 5. The molecule has 0 bridgehead atoms. The first-order chi connectivity index (χ1) is 9.74. The molecule has 1 aromatic carbocycles. The van der Waals surface area contributed by atoms with E-state index in [1.165, 1.54) is 31.2 Å². The summed E-state index contributed by atoms with van der Waals surface area (Å²) >= 11 is 0. The Hall–Kier alpha value is -2.45. The molecule has 0 saturated heterocycles. The topological polar surface area (TPSA) is 99.7 Å². The van der Waals surface area contributed by atoms with E-state index < -0.39 is 24.5 Å². The van der Waals surface area contributed by atoms with Crippen molar-refractivity contribution < 1.29 is 23.2 Å². The van der Waals surface area contributed by atoms with Crippen molar-refractivity contribution in [1.82, 2.24) is 0 Å². The van der Waals surface area contributed by atoms with Gasteiger partial charge in [-0.25, -0.2) is 0 Å². The van der Waals surface area contributed by atoms with Gasteiger partial charge in [0.05, 0.1) is 0 Å². The minimum Gasteiger partial charge on any atom is -0.409 e. The lowest BCUT2D eigenvalue weighted by molar-refractivity contribution is -0.152. The molecule has 0 saturated carbocycles. The Labute approximate surface area is 118 Å². The van der Waals surface area contributed by atoms with Crippen LogP contribution < -0.4 is 16.4 Å². The maximum Gasteiger partial charge on any atom is 0.400 e. The van der Waals surface area contributed by atoms with Gasteiger partial charge in [-0.05, 0) is 24.3 Å². The van der Waals surface area contributed by atoms with Crippen LogP contribution in [0.2, 0.25) is 0 Å². The molecule has 0 heterocycles.